The number of hydrogen-bond acceptors (Lipinski definition) is 6. The van der Waals surface area contributed by atoms with Crippen LogP contribution in [0.2, 0.25) is 0 Å². The third-order valence-corrected chi connectivity index (χ3v) is 11.7. The molecule has 0 saturated carbocycles. The minimum Gasteiger partial charge on any atom is -0.462 e. The Morgan fingerprint density at radius 3 is 0.938 bits per heavy atom. The molecule has 0 heterocycles. The van der Waals surface area contributed by atoms with Crippen molar-refractivity contribution in [1.82, 2.24) is 0 Å². The highest BCUT2D eigenvalue weighted by atomic mass is 16.6. The van der Waals surface area contributed by atoms with Crippen LogP contribution in [0.15, 0.2) is 72.9 Å². The van der Waals surface area contributed by atoms with Crippen molar-refractivity contribution in [3.8, 4) is 0 Å². The van der Waals surface area contributed by atoms with Crippen LogP contribution in [0.3, 0.4) is 0 Å². The fraction of sp³-hybridized carbons (Fsp3) is 0.746. The Bertz CT molecular complexity index is 1230. The summed E-state index contributed by atoms with van der Waals surface area (Å²) in [5.41, 5.74) is 0. The predicted octanol–water partition coefficient (Wildman–Crippen LogP) is 18.2. The number of carbonyl (C=O) groups is 3. The molecular formula is C59H102O6. The Morgan fingerprint density at radius 2 is 0.600 bits per heavy atom. The number of unbranched alkanes of at least 4 members (excludes halogenated alkanes) is 26. The molecule has 65 heavy (non-hydrogen) atoms. The zero-order valence-electron chi connectivity index (χ0n) is 42.7. The first-order chi connectivity index (χ1) is 32.0. The van der Waals surface area contributed by atoms with Gasteiger partial charge in [0, 0.05) is 19.3 Å². The van der Waals surface area contributed by atoms with Crippen molar-refractivity contribution in [3.63, 3.8) is 0 Å². The summed E-state index contributed by atoms with van der Waals surface area (Å²) in [5, 5.41) is 0. The molecule has 0 aliphatic carbocycles. The van der Waals surface area contributed by atoms with Crippen LogP contribution in [0.1, 0.15) is 265 Å². The van der Waals surface area contributed by atoms with Crippen molar-refractivity contribution in [2.24, 2.45) is 0 Å². The molecule has 1 unspecified atom stereocenters. The lowest BCUT2D eigenvalue weighted by Gasteiger charge is -2.18. The molecule has 0 bridgehead atoms. The van der Waals surface area contributed by atoms with Gasteiger partial charge in [0.05, 0.1) is 0 Å². The molecule has 6 heteroatoms. The lowest BCUT2D eigenvalue weighted by Crippen LogP contribution is -2.30. The van der Waals surface area contributed by atoms with E-state index < -0.39 is 6.10 Å². The first-order valence-electron chi connectivity index (χ1n) is 27.4. The van der Waals surface area contributed by atoms with Gasteiger partial charge in [0.1, 0.15) is 13.2 Å². The molecule has 0 N–H and O–H groups in total. The van der Waals surface area contributed by atoms with E-state index in [0.29, 0.717) is 19.3 Å². The fourth-order valence-electron chi connectivity index (χ4n) is 7.58. The van der Waals surface area contributed by atoms with E-state index in [0.717, 1.165) is 103 Å². The predicted molar refractivity (Wildman–Crippen MR) is 279 cm³/mol. The van der Waals surface area contributed by atoms with Crippen LogP contribution >= 0.6 is 0 Å². The number of carbonyl (C=O) groups excluding carboxylic acids is 3. The average Bonchev–Trinajstić information content (AvgIpc) is 3.30. The van der Waals surface area contributed by atoms with E-state index in [2.05, 4.69) is 93.7 Å². The monoisotopic (exact) mass is 907 g/mol. The second kappa shape index (κ2) is 53.5. The SMILES string of the molecule is CC/C=C\C/C=C\C/C=C\CCCCCCCCCC(=O)OC(COC(=O)CCCCCCCCC)COC(=O)CCCCCCCCCC/C=C\C/C=C\C/C=C\CCCCCCC. The number of ether oxygens (including phenoxy) is 3. The molecule has 0 fully saturated rings. The fourth-order valence-corrected chi connectivity index (χ4v) is 7.58. The number of esters is 3. The summed E-state index contributed by atoms with van der Waals surface area (Å²) in [6.45, 7) is 6.47. The second-order valence-corrected chi connectivity index (χ2v) is 18.1. The summed E-state index contributed by atoms with van der Waals surface area (Å²) in [6, 6.07) is 0. The van der Waals surface area contributed by atoms with Crippen molar-refractivity contribution in [2.75, 3.05) is 13.2 Å². The summed E-state index contributed by atoms with van der Waals surface area (Å²) >= 11 is 0. The first kappa shape index (κ1) is 61.9. The van der Waals surface area contributed by atoms with Crippen molar-refractivity contribution in [1.29, 1.82) is 0 Å². The van der Waals surface area contributed by atoms with Gasteiger partial charge in [-0.15, -0.1) is 0 Å². The third-order valence-electron chi connectivity index (χ3n) is 11.7. The van der Waals surface area contributed by atoms with Crippen molar-refractivity contribution >= 4 is 17.9 Å². The van der Waals surface area contributed by atoms with Gasteiger partial charge in [-0.3, -0.25) is 14.4 Å². The highest BCUT2D eigenvalue weighted by Crippen LogP contribution is 2.15. The third kappa shape index (κ3) is 51.7. The van der Waals surface area contributed by atoms with Crippen molar-refractivity contribution < 1.29 is 28.6 Å². The van der Waals surface area contributed by atoms with Crippen LogP contribution in [0, 0.1) is 0 Å². The maximum absolute atomic E-state index is 12.8. The van der Waals surface area contributed by atoms with Crippen LogP contribution < -0.4 is 0 Å². The van der Waals surface area contributed by atoms with Gasteiger partial charge in [0.15, 0.2) is 6.10 Å². The Morgan fingerprint density at radius 1 is 0.323 bits per heavy atom. The Hall–Kier alpha value is -3.15. The summed E-state index contributed by atoms with van der Waals surface area (Å²) in [7, 11) is 0. The molecule has 1 atom stereocenters. The van der Waals surface area contributed by atoms with Crippen LogP contribution in [0.4, 0.5) is 0 Å². The van der Waals surface area contributed by atoms with E-state index in [1.165, 1.54) is 122 Å². The summed E-state index contributed by atoms with van der Waals surface area (Å²) in [4.78, 5) is 37.9. The highest BCUT2D eigenvalue weighted by Gasteiger charge is 2.19. The van der Waals surface area contributed by atoms with Crippen LogP contribution in [0.25, 0.3) is 0 Å². The number of allylic oxidation sites excluding steroid dienone is 12. The Balaban J connectivity index is 4.23. The first-order valence-corrected chi connectivity index (χ1v) is 27.4. The average molecular weight is 907 g/mol. The molecule has 0 aliphatic rings. The number of rotatable bonds is 49. The summed E-state index contributed by atoms with van der Waals surface area (Å²) in [5.74, 6) is -0.902. The molecule has 0 aromatic rings. The molecule has 0 aromatic carbocycles. The molecule has 0 rings (SSSR count). The normalized spacial score (nSPS) is 12.6. The molecule has 0 saturated heterocycles. The maximum atomic E-state index is 12.8. The van der Waals surface area contributed by atoms with Gasteiger partial charge < -0.3 is 14.2 Å². The number of hydrogen-bond donors (Lipinski definition) is 0. The van der Waals surface area contributed by atoms with Crippen molar-refractivity contribution in [3.05, 3.63) is 72.9 Å². The maximum Gasteiger partial charge on any atom is 0.306 e. The lowest BCUT2D eigenvalue weighted by molar-refractivity contribution is -0.167. The van der Waals surface area contributed by atoms with E-state index in [4.69, 9.17) is 14.2 Å². The lowest BCUT2D eigenvalue weighted by atomic mass is 10.1. The summed E-state index contributed by atoms with van der Waals surface area (Å²) < 4.78 is 16.8. The zero-order valence-corrected chi connectivity index (χ0v) is 42.7. The molecule has 0 aliphatic heterocycles. The quantitative estimate of drug-likeness (QED) is 0.0262. The van der Waals surface area contributed by atoms with E-state index in [-0.39, 0.29) is 31.1 Å². The van der Waals surface area contributed by atoms with Gasteiger partial charge >= 0.3 is 17.9 Å². The standard InChI is InChI=1S/C59H102O6/c1-4-7-10-13-16-18-20-22-24-26-27-28-29-30-31-33-34-36-38-40-43-46-49-52-58(61)64-55-56(54-63-57(60)51-48-45-42-15-12-9-6-3)65-59(62)53-50-47-44-41-39-37-35-32-25-23-21-19-17-14-11-8-5-2/h8,11,17,19-20,22-23,25-27,29-30,56H,4-7,9-10,12-16,18,21,24,28,31-55H2,1-3H3/b11-8-,19-17-,22-20-,25-23-,27-26-,30-29-. The zero-order chi connectivity index (χ0) is 47.2. The molecule has 0 spiro atoms. The minimum atomic E-state index is -0.781. The van der Waals surface area contributed by atoms with Gasteiger partial charge in [0.2, 0.25) is 0 Å². The molecular weight excluding hydrogens is 805 g/mol. The van der Waals surface area contributed by atoms with E-state index in [9.17, 15) is 14.4 Å². The molecule has 0 aromatic heterocycles. The van der Waals surface area contributed by atoms with Gasteiger partial charge in [0.25, 0.3) is 0 Å². The Labute approximate surface area is 402 Å². The van der Waals surface area contributed by atoms with Crippen LogP contribution in [-0.4, -0.2) is 37.2 Å². The van der Waals surface area contributed by atoms with Crippen LogP contribution in [0.5, 0.6) is 0 Å². The van der Waals surface area contributed by atoms with Gasteiger partial charge in [-0.05, 0) is 89.9 Å². The second-order valence-electron chi connectivity index (χ2n) is 18.1. The van der Waals surface area contributed by atoms with Crippen LogP contribution in [-0.2, 0) is 28.6 Å². The van der Waals surface area contributed by atoms with Crippen molar-refractivity contribution in [2.45, 2.75) is 271 Å². The smallest absolute Gasteiger partial charge is 0.306 e. The molecule has 6 nitrogen and oxygen atoms in total. The highest BCUT2D eigenvalue weighted by molar-refractivity contribution is 5.71. The molecule has 0 radical (unpaired) electrons. The minimum absolute atomic E-state index is 0.0814. The van der Waals surface area contributed by atoms with Gasteiger partial charge in [-0.25, -0.2) is 0 Å². The summed E-state index contributed by atoms with van der Waals surface area (Å²) in [6.07, 6.45) is 67.6. The molecule has 0 amide bonds. The van der Waals surface area contributed by atoms with Gasteiger partial charge in [-0.2, -0.15) is 0 Å². The largest absolute Gasteiger partial charge is 0.462 e. The Kier molecular flexibility index (Phi) is 50.9. The van der Waals surface area contributed by atoms with E-state index in [1.54, 1.807) is 0 Å². The topological polar surface area (TPSA) is 78.9 Å². The van der Waals surface area contributed by atoms with E-state index >= 15 is 0 Å². The molecule has 374 valence electrons. The van der Waals surface area contributed by atoms with E-state index in [1.807, 2.05) is 0 Å². The van der Waals surface area contributed by atoms with Gasteiger partial charge in [-0.1, -0.05) is 229 Å².